The van der Waals surface area contributed by atoms with Gasteiger partial charge in [0.25, 0.3) is 5.91 Å². The molecule has 2 aromatic heterocycles. The normalized spacial score (nSPS) is 16.3. The highest BCUT2D eigenvalue weighted by molar-refractivity contribution is 7.07. The van der Waals surface area contributed by atoms with E-state index >= 15 is 0 Å². The number of amides is 2. The first-order valence-electron chi connectivity index (χ1n) is 10.5. The summed E-state index contributed by atoms with van der Waals surface area (Å²) in [4.78, 5) is 31.0. The standard InChI is InChI=1S/C22H26N6O2S/c1-23-21(29)10-16-5-7-17(8-6-16)22(30)28-9-3-2-4-20(28)11-18-12-27(26-25-18)13-19-14-31-15-24-19/h5-8,12,14-15,20H,2-4,9-11,13H2,1H3,(H,23,29). The molecule has 0 spiro atoms. The number of nitrogens with zero attached hydrogens (tertiary/aromatic N) is 5. The second kappa shape index (κ2) is 9.82. The number of hydrogen-bond donors (Lipinski definition) is 1. The lowest BCUT2D eigenvalue weighted by Crippen LogP contribution is -2.45. The number of piperidine rings is 1. The lowest BCUT2D eigenvalue weighted by Gasteiger charge is -2.35. The molecule has 0 bridgehead atoms. The van der Waals surface area contributed by atoms with Crippen molar-refractivity contribution in [2.75, 3.05) is 13.6 Å². The van der Waals surface area contributed by atoms with Crippen LogP contribution in [-0.4, -0.2) is 56.3 Å². The van der Waals surface area contributed by atoms with Gasteiger partial charge in [0.15, 0.2) is 0 Å². The number of nitrogens with one attached hydrogen (secondary N) is 1. The van der Waals surface area contributed by atoms with Crippen LogP contribution < -0.4 is 5.32 Å². The van der Waals surface area contributed by atoms with E-state index in [1.54, 1.807) is 23.1 Å². The first-order valence-corrected chi connectivity index (χ1v) is 11.4. The third-order valence-electron chi connectivity index (χ3n) is 5.57. The Balaban J connectivity index is 1.42. The van der Waals surface area contributed by atoms with Gasteiger partial charge in [0, 0.05) is 43.2 Å². The number of rotatable bonds is 7. The smallest absolute Gasteiger partial charge is 0.254 e. The molecule has 1 unspecified atom stereocenters. The van der Waals surface area contributed by atoms with Crippen molar-refractivity contribution in [2.45, 2.75) is 44.7 Å². The zero-order valence-electron chi connectivity index (χ0n) is 17.5. The first kappa shape index (κ1) is 21.2. The second-order valence-corrected chi connectivity index (χ2v) is 8.51. The van der Waals surface area contributed by atoms with Crippen LogP contribution in [0.1, 0.15) is 46.6 Å². The van der Waals surface area contributed by atoms with Crippen LogP contribution in [0.5, 0.6) is 0 Å². The zero-order valence-corrected chi connectivity index (χ0v) is 18.3. The molecule has 9 heteroatoms. The van der Waals surface area contributed by atoms with Gasteiger partial charge in [-0.25, -0.2) is 9.67 Å². The Morgan fingerprint density at radius 3 is 2.77 bits per heavy atom. The maximum absolute atomic E-state index is 13.2. The van der Waals surface area contributed by atoms with E-state index in [-0.39, 0.29) is 17.9 Å². The molecule has 3 heterocycles. The summed E-state index contributed by atoms with van der Waals surface area (Å²) in [6.45, 7) is 1.35. The molecule has 2 amide bonds. The molecule has 1 aromatic carbocycles. The molecule has 1 aliphatic heterocycles. The fourth-order valence-corrected chi connectivity index (χ4v) is 4.47. The van der Waals surface area contributed by atoms with Gasteiger partial charge in [-0.05, 0) is 37.0 Å². The van der Waals surface area contributed by atoms with Gasteiger partial charge in [-0.3, -0.25) is 9.59 Å². The molecule has 1 aliphatic rings. The summed E-state index contributed by atoms with van der Waals surface area (Å²) < 4.78 is 1.80. The number of aromatic nitrogens is 4. The van der Waals surface area contributed by atoms with Crippen LogP contribution in [0.4, 0.5) is 0 Å². The average molecular weight is 439 g/mol. The number of carbonyl (C=O) groups excluding carboxylic acids is 2. The monoisotopic (exact) mass is 438 g/mol. The van der Waals surface area contributed by atoms with E-state index in [1.807, 2.05) is 46.3 Å². The Morgan fingerprint density at radius 1 is 1.19 bits per heavy atom. The van der Waals surface area contributed by atoms with Gasteiger partial charge in [0.05, 0.1) is 29.9 Å². The van der Waals surface area contributed by atoms with E-state index < -0.39 is 0 Å². The highest BCUT2D eigenvalue weighted by atomic mass is 32.1. The molecule has 1 saturated heterocycles. The largest absolute Gasteiger partial charge is 0.359 e. The Hall–Kier alpha value is -3.07. The van der Waals surface area contributed by atoms with Gasteiger partial charge < -0.3 is 10.2 Å². The Kier molecular flexibility index (Phi) is 6.71. The number of hydrogen-bond acceptors (Lipinski definition) is 6. The number of benzene rings is 1. The lowest BCUT2D eigenvalue weighted by atomic mass is 9.97. The summed E-state index contributed by atoms with van der Waals surface area (Å²) in [5.41, 5.74) is 5.21. The van der Waals surface area contributed by atoms with Crippen molar-refractivity contribution < 1.29 is 9.59 Å². The molecule has 0 radical (unpaired) electrons. The van der Waals surface area contributed by atoms with Gasteiger partial charge in [-0.1, -0.05) is 17.3 Å². The van der Waals surface area contributed by atoms with E-state index in [9.17, 15) is 9.59 Å². The quantitative estimate of drug-likeness (QED) is 0.611. The van der Waals surface area contributed by atoms with Gasteiger partial charge in [-0.15, -0.1) is 16.4 Å². The number of likely N-dealkylation sites (N-methyl/N-ethyl adjacent to an activating group) is 1. The summed E-state index contributed by atoms with van der Waals surface area (Å²) in [7, 11) is 1.62. The van der Waals surface area contributed by atoms with Gasteiger partial charge in [0.2, 0.25) is 5.91 Å². The summed E-state index contributed by atoms with van der Waals surface area (Å²) >= 11 is 1.56. The molecule has 1 N–H and O–H groups in total. The molecule has 8 nitrogen and oxygen atoms in total. The van der Waals surface area contributed by atoms with Crippen LogP contribution >= 0.6 is 11.3 Å². The van der Waals surface area contributed by atoms with Crippen LogP contribution in [-0.2, 0) is 24.2 Å². The van der Waals surface area contributed by atoms with Crippen LogP contribution in [0.25, 0.3) is 0 Å². The molecule has 31 heavy (non-hydrogen) atoms. The van der Waals surface area contributed by atoms with Crippen molar-refractivity contribution >= 4 is 23.2 Å². The molecular formula is C22H26N6O2S. The van der Waals surface area contributed by atoms with Crippen LogP contribution in [0.2, 0.25) is 0 Å². The maximum Gasteiger partial charge on any atom is 0.254 e. The average Bonchev–Trinajstić information content (AvgIpc) is 3.46. The summed E-state index contributed by atoms with van der Waals surface area (Å²) in [6.07, 6.45) is 6.02. The van der Waals surface area contributed by atoms with Crippen molar-refractivity contribution in [3.05, 3.63) is 63.9 Å². The summed E-state index contributed by atoms with van der Waals surface area (Å²) in [5.74, 6) is -0.0101. The third-order valence-corrected chi connectivity index (χ3v) is 6.21. The van der Waals surface area contributed by atoms with Crippen molar-refractivity contribution in [3.8, 4) is 0 Å². The second-order valence-electron chi connectivity index (χ2n) is 7.79. The minimum Gasteiger partial charge on any atom is -0.359 e. The van der Waals surface area contributed by atoms with E-state index in [0.29, 0.717) is 24.9 Å². The first-order chi connectivity index (χ1) is 15.1. The molecule has 0 saturated carbocycles. The van der Waals surface area contributed by atoms with E-state index in [4.69, 9.17) is 0 Å². The van der Waals surface area contributed by atoms with Gasteiger partial charge in [0.1, 0.15) is 0 Å². The summed E-state index contributed by atoms with van der Waals surface area (Å²) in [6, 6.07) is 7.44. The fourth-order valence-electron chi connectivity index (χ4n) is 3.92. The number of carbonyl (C=O) groups is 2. The van der Waals surface area contributed by atoms with E-state index in [1.165, 1.54) is 0 Å². The van der Waals surface area contributed by atoms with Crippen LogP contribution in [0.3, 0.4) is 0 Å². The van der Waals surface area contributed by atoms with Crippen molar-refractivity contribution in [1.82, 2.24) is 30.2 Å². The van der Waals surface area contributed by atoms with E-state index in [0.717, 1.165) is 42.8 Å². The topological polar surface area (TPSA) is 93.0 Å². The molecule has 0 aliphatic carbocycles. The van der Waals surface area contributed by atoms with Crippen molar-refractivity contribution in [1.29, 1.82) is 0 Å². The van der Waals surface area contributed by atoms with Crippen LogP contribution in [0, 0.1) is 0 Å². The SMILES string of the molecule is CNC(=O)Cc1ccc(C(=O)N2CCCCC2Cc2cn(Cc3cscn3)nn2)cc1. The minimum atomic E-state index is -0.0435. The third kappa shape index (κ3) is 5.35. The highest BCUT2D eigenvalue weighted by Gasteiger charge is 2.28. The zero-order chi connectivity index (χ0) is 21.6. The van der Waals surface area contributed by atoms with Gasteiger partial charge in [-0.2, -0.15) is 0 Å². The highest BCUT2D eigenvalue weighted by Crippen LogP contribution is 2.23. The Bertz CT molecular complexity index is 1020. The Labute approximate surface area is 185 Å². The maximum atomic E-state index is 13.2. The molecule has 1 fully saturated rings. The van der Waals surface area contributed by atoms with Crippen molar-refractivity contribution in [3.63, 3.8) is 0 Å². The van der Waals surface area contributed by atoms with Crippen LogP contribution in [0.15, 0.2) is 41.4 Å². The molecule has 3 aromatic rings. The molecule has 4 rings (SSSR count). The molecule has 1 atom stereocenters. The predicted octanol–water partition coefficient (Wildman–Crippen LogP) is 2.31. The number of likely N-dealkylation sites (tertiary alicyclic amines) is 1. The summed E-state index contributed by atoms with van der Waals surface area (Å²) in [5, 5.41) is 13.2. The number of thiazole rings is 1. The van der Waals surface area contributed by atoms with Crippen molar-refractivity contribution in [2.24, 2.45) is 0 Å². The Morgan fingerprint density at radius 2 is 2.03 bits per heavy atom. The van der Waals surface area contributed by atoms with Gasteiger partial charge >= 0.3 is 0 Å². The lowest BCUT2D eigenvalue weighted by molar-refractivity contribution is -0.119. The predicted molar refractivity (Wildman–Crippen MR) is 118 cm³/mol. The minimum absolute atomic E-state index is 0.0334. The fraction of sp³-hybridized carbons (Fsp3) is 0.409. The molecule has 162 valence electrons. The molecular weight excluding hydrogens is 412 g/mol. The van der Waals surface area contributed by atoms with E-state index in [2.05, 4.69) is 20.6 Å².